The highest BCUT2D eigenvalue weighted by molar-refractivity contribution is 8.24. The van der Waals surface area contributed by atoms with Crippen LogP contribution in [-0.2, 0) is 5.41 Å². The van der Waals surface area contributed by atoms with Gasteiger partial charge in [0.1, 0.15) is 0 Å². The molecular formula is C14H12N2S2. The third-order valence-corrected chi connectivity index (χ3v) is 5.15. The summed E-state index contributed by atoms with van der Waals surface area (Å²) >= 11 is 3.05. The Kier molecular flexibility index (Phi) is 3.43. The van der Waals surface area contributed by atoms with Gasteiger partial charge in [-0.25, -0.2) is 10.1 Å². The number of rotatable bonds is 0. The van der Waals surface area contributed by atoms with E-state index in [0.29, 0.717) is 0 Å². The number of allylic oxidation sites excluding steroid dienone is 1. The van der Waals surface area contributed by atoms with Gasteiger partial charge in [0, 0.05) is 9.79 Å². The Morgan fingerprint density at radius 3 is 2.50 bits per heavy atom. The van der Waals surface area contributed by atoms with Crippen molar-refractivity contribution in [3.8, 4) is 6.07 Å². The smallest absolute Gasteiger partial charge is 0.225 e. The van der Waals surface area contributed by atoms with E-state index in [1.54, 1.807) is 0 Å². The molecule has 2 rings (SSSR count). The minimum atomic E-state index is 0.116. The molecule has 0 bridgehead atoms. The predicted molar refractivity (Wildman–Crippen MR) is 76.1 cm³/mol. The summed E-state index contributed by atoms with van der Waals surface area (Å²) in [6, 6.07) is 8.33. The maximum atomic E-state index is 8.90. The van der Waals surface area contributed by atoms with Crippen LogP contribution < -0.4 is 0 Å². The predicted octanol–water partition coefficient (Wildman–Crippen LogP) is 4.79. The van der Waals surface area contributed by atoms with Crippen molar-refractivity contribution in [3.63, 3.8) is 0 Å². The molecule has 0 aliphatic carbocycles. The van der Waals surface area contributed by atoms with Crippen molar-refractivity contribution < 1.29 is 0 Å². The Morgan fingerprint density at radius 2 is 1.94 bits per heavy atom. The molecule has 1 aromatic carbocycles. The van der Waals surface area contributed by atoms with Crippen LogP contribution in [0.4, 0.5) is 0 Å². The molecule has 4 heteroatoms. The lowest BCUT2D eigenvalue weighted by Gasteiger charge is -2.19. The van der Waals surface area contributed by atoms with Crippen LogP contribution in [0, 0.1) is 17.9 Å². The van der Waals surface area contributed by atoms with Crippen LogP contribution in [0.2, 0.25) is 0 Å². The first kappa shape index (κ1) is 13.1. The van der Waals surface area contributed by atoms with E-state index in [-0.39, 0.29) is 11.1 Å². The van der Waals surface area contributed by atoms with Gasteiger partial charge in [-0.2, -0.15) is 0 Å². The Hall–Kier alpha value is -1.36. The standard InChI is InChI=1S/C14H12N2S2/c1-14(2,3)9-5-6-11-12(7-9)18-13(17-11)10(8-15)16-4/h5-7H,1-3H3/b13-10-. The number of hydrogen-bond acceptors (Lipinski definition) is 3. The number of benzene rings is 1. The van der Waals surface area contributed by atoms with Gasteiger partial charge in [-0.1, -0.05) is 50.4 Å². The highest BCUT2D eigenvalue weighted by Crippen LogP contribution is 2.53. The van der Waals surface area contributed by atoms with Crippen molar-refractivity contribution >= 4 is 23.5 Å². The van der Waals surface area contributed by atoms with Crippen LogP contribution in [0.1, 0.15) is 26.3 Å². The molecule has 1 heterocycles. The fourth-order valence-electron chi connectivity index (χ4n) is 1.57. The molecule has 0 atom stereocenters. The monoisotopic (exact) mass is 272 g/mol. The van der Waals surface area contributed by atoms with Gasteiger partial charge in [0.15, 0.2) is 0 Å². The average Bonchev–Trinajstić information content (AvgIpc) is 2.71. The van der Waals surface area contributed by atoms with Crippen molar-refractivity contribution in [2.45, 2.75) is 36.0 Å². The van der Waals surface area contributed by atoms with E-state index in [0.717, 1.165) is 14.0 Å². The maximum absolute atomic E-state index is 8.90. The summed E-state index contributed by atoms with van der Waals surface area (Å²) in [4.78, 5) is 5.56. The Bertz CT molecular complexity index is 594. The van der Waals surface area contributed by atoms with Crippen LogP contribution in [0.25, 0.3) is 4.85 Å². The largest absolute Gasteiger partial charge is 0.282 e. The van der Waals surface area contributed by atoms with E-state index in [1.807, 2.05) is 6.07 Å². The fourth-order valence-corrected chi connectivity index (χ4v) is 3.95. The van der Waals surface area contributed by atoms with Gasteiger partial charge >= 0.3 is 0 Å². The first-order valence-corrected chi connectivity index (χ1v) is 7.11. The summed E-state index contributed by atoms with van der Waals surface area (Å²) in [5.41, 5.74) is 1.58. The first-order chi connectivity index (χ1) is 8.45. The summed E-state index contributed by atoms with van der Waals surface area (Å²) in [5, 5.41) is 8.90. The van der Waals surface area contributed by atoms with Crippen molar-refractivity contribution in [2.24, 2.45) is 0 Å². The third-order valence-electron chi connectivity index (χ3n) is 2.63. The van der Waals surface area contributed by atoms with E-state index < -0.39 is 0 Å². The number of thioether (sulfide) groups is 2. The van der Waals surface area contributed by atoms with Gasteiger partial charge in [0.25, 0.3) is 5.70 Å². The quantitative estimate of drug-likeness (QED) is 0.502. The zero-order valence-corrected chi connectivity index (χ0v) is 12.1. The number of nitriles is 1. The Balaban J connectivity index is 2.42. The van der Waals surface area contributed by atoms with E-state index in [4.69, 9.17) is 11.8 Å². The molecule has 0 saturated carbocycles. The lowest BCUT2D eigenvalue weighted by Crippen LogP contribution is -2.10. The molecule has 2 nitrogen and oxygen atoms in total. The van der Waals surface area contributed by atoms with Gasteiger partial charge in [0.2, 0.25) is 0 Å². The van der Waals surface area contributed by atoms with E-state index in [1.165, 1.54) is 29.1 Å². The summed E-state index contributed by atoms with van der Waals surface area (Å²) in [7, 11) is 0. The molecular weight excluding hydrogens is 260 g/mol. The third kappa shape index (κ3) is 2.41. The summed E-state index contributed by atoms with van der Waals surface area (Å²) in [6.45, 7) is 13.5. The van der Waals surface area contributed by atoms with Crippen LogP contribution >= 0.6 is 23.5 Å². The molecule has 0 aromatic heterocycles. The van der Waals surface area contributed by atoms with Crippen molar-refractivity contribution in [1.82, 2.24) is 0 Å². The molecule has 0 amide bonds. The first-order valence-electron chi connectivity index (χ1n) is 5.48. The Labute approximate surface area is 116 Å². The van der Waals surface area contributed by atoms with E-state index >= 15 is 0 Å². The maximum Gasteiger partial charge on any atom is 0.282 e. The molecule has 0 N–H and O–H groups in total. The summed E-state index contributed by atoms with van der Waals surface area (Å²) in [5.74, 6) is 0. The summed E-state index contributed by atoms with van der Waals surface area (Å²) in [6.07, 6.45) is 0. The van der Waals surface area contributed by atoms with Gasteiger partial charge in [0.05, 0.1) is 16.9 Å². The molecule has 90 valence electrons. The number of fused-ring (bicyclic) bond motifs is 1. The minimum absolute atomic E-state index is 0.116. The molecule has 0 radical (unpaired) electrons. The fraction of sp³-hybridized carbons (Fsp3) is 0.286. The molecule has 0 fully saturated rings. The second-order valence-corrected chi connectivity index (χ2v) is 7.34. The molecule has 0 saturated heterocycles. The normalized spacial score (nSPS) is 16.7. The molecule has 0 spiro atoms. The van der Waals surface area contributed by atoms with Crippen LogP contribution in [-0.4, -0.2) is 0 Å². The lowest BCUT2D eigenvalue weighted by atomic mass is 9.87. The highest BCUT2D eigenvalue weighted by atomic mass is 32.2. The zero-order chi connectivity index (χ0) is 13.3. The summed E-state index contributed by atoms with van der Waals surface area (Å²) < 4.78 is 0.800. The molecule has 1 aliphatic rings. The topological polar surface area (TPSA) is 28.1 Å². The zero-order valence-electron chi connectivity index (χ0n) is 10.4. The van der Waals surface area contributed by atoms with Gasteiger partial charge in [-0.3, -0.25) is 0 Å². The Morgan fingerprint density at radius 1 is 1.28 bits per heavy atom. The van der Waals surface area contributed by atoms with Gasteiger partial charge < -0.3 is 0 Å². The lowest BCUT2D eigenvalue weighted by molar-refractivity contribution is 0.588. The van der Waals surface area contributed by atoms with Gasteiger partial charge in [-0.05, 0) is 23.1 Å². The molecule has 1 aliphatic heterocycles. The SMILES string of the molecule is [C-]#[N+]/C(C#N)=C1/Sc2ccc(C(C)(C)C)cc2S1. The van der Waals surface area contributed by atoms with E-state index in [2.05, 4.69) is 43.8 Å². The molecule has 0 unspecified atom stereocenters. The van der Waals surface area contributed by atoms with Crippen molar-refractivity contribution in [1.29, 1.82) is 5.26 Å². The average molecular weight is 272 g/mol. The number of nitrogens with zero attached hydrogens (tertiary/aromatic N) is 2. The molecule has 1 aromatic rings. The van der Waals surface area contributed by atoms with Gasteiger partial charge in [-0.15, -0.1) is 0 Å². The number of hydrogen-bond donors (Lipinski definition) is 0. The van der Waals surface area contributed by atoms with Crippen molar-refractivity contribution in [3.05, 3.63) is 45.1 Å². The molecule has 18 heavy (non-hydrogen) atoms. The van der Waals surface area contributed by atoms with Crippen LogP contribution in [0.3, 0.4) is 0 Å². The van der Waals surface area contributed by atoms with E-state index in [9.17, 15) is 0 Å². The van der Waals surface area contributed by atoms with Crippen LogP contribution in [0.5, 0.6) is 0 Å². The highest BCUT2D eigenvalue weighted by Gasteiger charge is 2.23. The second-order valence-electron chi connectivity index (χ2n) is 4.98. The minimum Gasteiger partial charge on any atom is -0.225 e. The second kappa shape index (κ2) is 4.72. The van der Waals surface area contributed by atoms with Crippen molar-refractivity contribution in [2.75, 3.05) is 0 Å². The van der Waals surface area contributed by atoms with Crippen LogP contribution in [0.15, 0.2) is 37.9 Å².